The Morgan fingerprint density at radius 1 is 1.47 bits per heavy atom. The van der Waals surface area contributed by atoms with Crippen molar-refractivity contribution in [3.63, 3.8) is 0 Å². The van der Waals surface area contributed by atoms with Gasteiger partial charge in [0.25, 0.3) is 5.91 Å². The lowest BCUT2D eigenvalue weighted by Gasteiger charge is -2.21. The molecule has 0 aromatic heterocycles. The molecule has 0 bridgehead atoms. The second-order valence-corrected chi connectivity index (χ2v) is 4.34. The Kier molecular flexibility index (Phi) is 3.69. The summed E-state index contributed by atoms with van der Waals surface area (Å²) < 4.78 is 5.35. The minimum absolute atomic E-state index is 0.132. The number of rotatable bonds is 2. The van der Waals surface area contributed by atoms with Crippen LogP contribution in [0.4, 0.5) is 5.69 Å². The third kappa shape index (κ3) is 2.80. The van der Waals surface area contributed by atoms with Gasteiger partial charge in [-0.1, -0.05) is 17.7 Å². The molecule has 0 saturated heterocycles. The molecule has 0 saturated carbocycles. The molecule has 0 radical (unpaired) electrons. The van der Waals surface area contributed by atoms with Crippen LogP contribution in [0.1, 0.15) is 12.8 Å². The van der Waals surface area contributed by atoms with Crippen molar-refractivity contribution in [3.05, 3.63) is 41.1 Å². The smallest absolute Gasteiger partial charge is 0.292 e. The van der Waals surface area contributed by atoms with E-state index in [0.717, 1.165) is 18.5 Å². The van der Waals surface area contributed by atoms with E-state index in [1.54, 1.807) is 24.1 Å². The lowest BCUT2D eigenvalue weighted by atomic mass is 10.2. The number of hydrogen-bond donors (Lipinski definition) is 0. The van der Waals surface area contributed by atoms with E-state index in [1.165, 1.54) is 0 Å². The predicted molar refractivity (Wildman–Crippen MR) is 68.1 cm³/mol. The summed E-state index contributed by atoms with van der Waals surface area (Å²) in [5, 5.41) is 0.612. The molecule has 1 aliphatic rings. The van der Waals surface area contributed by atoms with E-state index in [2.05, 4.69) is 0 Å². The van der Waals surface area contributed by atoms with Gasteiger partial charge >= 0.3 is 0 Å². The lowest BCUT2D eigenvalue weighted by molar-refractivity contribution is -0.118. The fourth-order valence-electron chi connectivity index (χ4n) is 1.67. The first kappa shape index (κ1) is 12.0. The summed E-state index contributed by atoms with van der Waals surface area (Å²) in [5.41, 5.74) is 0.762. The largest absolute Gasteiger partial charge is 0.488 e. The molecule has 3 nitrogen and oxygen atoms in total. The van der Waals surface area contributed by atoms with Gasteiger partial charge in [0.2, 0.25) is 0 Å². The average molecular weight is 252 g/mol. The molecule has 0 unspecified atom stereocenters. The Balaban J connectivity index is 2.17. The SMILES string of the molecule is CN(C(=O)C1=CCCCO1)c1cccc(Cl)c1. The zero-order chi connectivity index (χ0) is 12.3. The van der Waals surface area contributed by atoms with E-state index in [4.69, 9.17) is 16.3 Å². The van der Waals surface area contributed by atoms with Crippen molar-refractivity contribution in [1.29, 1.82) is 0 Å². The molecular weight excluding hydrogens is 238 g/mol. The van der Waals surface area contributed by atoms with Crippen LogP contribution in [0.3, 0.4) is 0 Å². The molecule has 0 fully saturated rings. The standard InChI is InChI=1S/C13H14ClNO2/c1-15(11-6-4-5-10(14)9-11)13(16)12-7-2-3-8-17-12/h4-7,9H,2-3,8H2,1H3. The number of ether oxygens (including phenoxy) is 1. The van der Waals surface area contributed by atoms with Crippen molar-refractivity contribution in [1.82, 2.24) is 0 Å². The van der Waals surface area contributed by atoms with Crippen LogP contribution in [0, 0.1) is 0 Å². The molecule has 1 aliphatic heterocycles. The van der Waals surface area contributed by atoms with Gasteiger partial charge in [0, 0.05) is 17.8 Å². The summed E-state index contributed by atoms with van der Waals surface area (Å²) in [5.74, 6) is 0.297. The number of nitrogens with zero attached hydrogens (tertiary/aromatic N) is 1. The van der Waals surface area contributed by atoms with Crippen molar-refractivity contribution in [2.75, 3.05) is 18.6 Å². The second kappa shape index (κ2) is 5.23. The fraction of sp³-hybridized carbons (Fsp3) is 0.308. The highest BCUT2D eigenvalue weighted by Gasteiger charge is 2.19. The Hall–Kier alpha value is -1.48. The molecule has 0 N–H and O–H groups in total. The minimum Gasteiger partial charge on any atom is -0.488 e. The van der Waals surface area contributed by atoms with Gasteiger partial charge in [-0.25, -0.2) is 0 Å². The van der Waals surface area contributed by atoms with E-state index in [0.29, 0.717) is 17.4 Å². The number of halogens is 1. The zero-order valence-corrected chi connectivity index (χ0v) is 10.4. The lowest BCUT2D eigenvalue weighted by Crippen LogP contribution is -2.29. The summed E-state index contributed by atoms with van der Waals surface area (Å²) in [6.07, 6.45) is 3.70. The van der Waals surface area contributed by atoms with Crippen LogP contribution >= 0.6 is 11.6 Å². The maximum atomic E-state index is 12.1. The van der Waals surface area contributed by atoms with Gasteiger partial charge in [0.05, 0.1) is 6.61 Å². The summed E-state index contributed by atoms with van der Waals surface area (Å²) in [4.78, 5) is 13.6. The molecule has 0 aliphatic carbocycles. The normalized spacial score (nSPS) is 14.8. The molecule has 17 heavy (non-hydrogen) atoms. The third-order valence-electron chi connectivity index (χ3n) is 2.65. The van der Waals surface area contributed by atoms with E-state index in [9.17, 15) is 4.79 Å². The topological polar surface area (TPSA) is 29.5 Å². The number of likely N-dealkylation sites (N-methyl/N-ethyl adjacent to an activating group) is 1. The van der Waals surface area contributed by atoms with Crippen LogP contribution in [0.25, 0.3) is 0 Å². The van der Waals surface area contributed by atoms with Crippen LogP contribution in [0.15, 0.2) is 36.1 Å². The maximum absolute atomic E-state index is 12.1. The number of anilines is 1. The molecule has 0 spiro atoms. The molecular formula is C13H14ClNO2. The van der Waals surface area contributed by atoms with Gasteiger partial charge in [-0.15, -0.1) is 0 Å². The number of carbonyl (C=O) groups excluding carboxylic acids is 1. The third-order valence-corrected chi connectivity index (χ3v) is 2.88. The monoisotopic (exact) mass is 251 g/mol. The van der Waals surface area contributed by atoms with E-state index in [1.807, 2.05) is 18.2 Å². The number of allylic oxidation sites excluding steroid dienone is 1. The molecule has 1 heterocycles. The van der Waals surface area contributed by atoms with Crippen molar-refractivity contribution in [2.24, 2.45) is 0 Å². The van der Waals surface area contributed by atoms with Crippen molar-refractivity contribution >= 4 is 23.2 Å². The highest BCUT2D eigenvalue weighted by Crippen LogP contribution is 2.21. The molecule has 1 aromatic carbocycles. The van der Waals surface area contributed by atoms with Crippen LogP contribution in [0.2, 0.25) is 5.02 Å². The Morgan fingerprint density at radius 2 is 2.29 bits per heavy atom. The fourth-order valence-corrected chi connectivity index (χ4v) is 1.86. The molecule has 1 amide bonds. The Bertz CT molecular complexity index is 456. The number of hydrogen-bond acceptors (Lipinski definition) is 2. The zero-order valence-electron chi connectivity index (χ0n) is 9.65. The van der Waals surface area contributed by atoms with E-state index in [-0.39, 0.29) is 5.91 Å². The Morgan fingerprint density at radius 3 is 2.94 bits per heavy atom. The summed E-state index contributed by atoms with van der Waals surface area (Å²) >= 11 is 5.90. The van der Waals surface area contributed by atoms with Crippen molar-refractivity contribution in [2.45, 2.75) is 12.8 Å². The van der Waals surface area contributed by atoms with Crippen molar-refractivity contribution < 1.29 is 9.53 Å². The van der Waals surface area contributed by atoms with Crippen LogP contribution in [0.5, 0.6) is 0 Å². The molecule has 0 atom stereocenters. The van der Waals surface area contributed by atoms with E-state index < -0.39 is 0 Å². The molecule has 1 aromatic rings. The first-order valence-corrected chi connectivity index (χ1v) is 5.93. The molecule has 4 heteroatoms. The first-order valence-electron chi connectivity index (χ1n) is 5.55. The maximum Gasteiger partial charge on any atom is 0.292 e. The van der Waals surface area contributed by atoms with Crippen LogP contribution < -0.4 is 4.90 Å². The van der Waals surface area contributed by atoms with Gasteiger partial charge < -0.3 is 9.64 Å². The average Bonchev–Trinajstić information content (AvgIpc) is 2.38. The summed E-state index contributed by atoms with van der Waals surface area (Å²) in [6, 6.07) is 7.19. The Labute approximate surface area is 106 Å². The second-order valence-electron chi connectivity index (χ2n) is 3.90. The van der Waals surface area contributed by atoms with Gasteiger partial charge in [-0.2, -0.15) is 0 Å². The highest BCUT2D eigenvalue weighted by atomic mass is 35.5. The summed E-state index contributed by atoms with van der Waals surface area (Å²) in [7, 11) is 1.72. The van der Waals surface area contributed by atoms with Gasteiger partial charge in [0.15, 0.2) is 5.76 Å². The van der Waals surface area contributed by atoms with E-state index >= 15 is 0 Å². The highest BCUT2D eigenvalue weighted by molar-refractivity contribution is 6.31. The first-order chi connectivity index (χ1) is 8.18. The summed E-state index contributed by atoms with van der Waals surface area (Å²) in [6.45, 7) is 0.612. The van der Waals surface area contributed by atoms with Crippen molar-refractivity contribution in [3.8, 4) is 0 Å². The quantitative estimate of drug-likeness (QED) is 0.809. The van der Waals surface area contributed by atoms with Gasteiger partial charge in [0.1, 0.15) is 0 Å². The minimum atomic E-state index is -0.132. The number of amides is 1. The van der Waals surface area contributed by atoms with Gasteiger partial charge in [-0.05, 0) is 37.1 Å². The van der Waals surface area contributed by atoms with Crippen LogP contribution in [-0.2, 0) is 9.53 Å². The number of carbonyl (C=O) groups is 1. The predicted octanol–water partition coefficient (Wildman–Crippen LogP) is 3.00. The van der Waals surface area contributed by atoms with Crippen LogP contribution in [-0.4, -0.2) is 19.6 Å². The number of benzene rings is 1. The molecule has 2 rings (SSSR count). The van der Waals surface area contributed by atoms with Gasteiger partial charge in [-0.3, -0.25) is 4.79 Å². The molecule has 90 valence electrons.